The van der Waals surface area contributed by atoms with Crippen LogP contribution in [0.3, 0.4) is 0 Å². The van der Waals surface area contributed by atoms with Gasteiger partial charge in [-0.25, -0.2) is 8.42 Å². The molecule has 0 saturated heterocycles. The van der Waals surface area contributed by atoms with Gasteiger partial charge in [0.25, 0.3) is 10.0 Å². The fraction of sp³-hybridized carbons (Fsp3) is 0.556. The van der Waals surface area contributed by atoms with Crippen LogP contribution in [0.5, 0.6) is 0 Å². The molecule has 0 spiro atoms. The third-order valence-corrected chi connectivity index (χ3v) is 1.89. The lowest BCUT2D eigenvalue weighted by atomic mass is 10.2. The van der Waals surface area contributed by atoms with Crippen molar-refractivity contribution < 1.29 is 8.42 Å². The van der Waals surface area contributed by atoms with E-state index in [1.807, 2.05) is 26.0 Å². The number of nitrogens with zero attached hydrogens (tertiary/aromatic N) is 2. The molecule has 0 heterocycles. The molecule has 0 saturated carbocycles. The minimum absolute atomic E-state index is 0.611. The Morgan fingerprint density at radius 3 is 2.36 bits per heavy atom. The molecule has 0 aromatic carbocycles. The van der Waals surface area contributed by atoms with Gasteiger partial charge < -0.3 is 0 Å². The standard InChI is InChI=1S/C9H16N2O2S/c1-5-6-7-8(2)9(3)10-11-14(4,12)13/h6-7H,5H2,1-4H3/b7-6-,9-8+,11-10?. The van der Waals surface area contributed by atoms with Gasteiger partial charge in [-0.1, -0.05) is 23.6 Å². The van der Waals surface area contributed by atoms with E-state index in [2.05, 4.69) is 9.63 Å². The van der Waals surface area contributed by atoms with Crippen molar-refractivity contribution in [3.63, 3.8) is 0 Å². The van der Waals surface area contributed by atoms with Gasteiger partial charge in [0, 0.05) is 0 Å². The highest BCUT2D eigenvalue weighted by Gasteiger charge is 1.96. The molecule has 0 radical (unpaired) electrons. The van der Waals surface area contributed by atoms with Crippen molar-refractivity contribution in [2.45, 2.75) is 27.2 Å². The lowest BCUT2D eigenvalue weighted by molar-refractivity contribution is 0.601. The van der Waals surface area contributed by atoms with Gasteiger partial charge in [-0.3, -0.25) is 0 Å². The van der Waals surface area contributed by atoms with Crippen LogP contribution in [-0.4, -0.2) is 14.7 Å². The second-order valence-electron chi connectivity index (χ2n) is 2.99. The van der Waals surface area contributed by atoms with Crippen LogP contribution in [0.25, 0.3) is 0 Å². The summed E-state index contributed by atoms with van der Waals surface area (Å²) < 4.78 is 24.5. The zero-order valence-corrected chi connectivity index (χ0v) is 9.80. The van der Waals surface area contributed by atoms with Gasteiger partial charge in [0.15, 0.2) is 0 Å². The highest BCUT2D eigenvalue weighted by atomic mass is 32.2. The van der Waals surface area contributed by atoms with E-state index in [-0.39, 0.29) is 0 Å². The molecule has 0 amide bonds. The lowest BCUT2D eigenvalue weighted by Crippen LogP contribution is -1.88. The minimum Gasteiger partial charge on any atom is -0.203 e. The molecule has 80 valence electrons. The summed E-state index contributed by atoms with van der Waals surface area (Å²) in [6, 6.07) is 0. The third kappa shape index (κ3) is 6.54. The van der Waals surface area contributed by atoms with Crippen LogP contribution in [0, 0.1) is 0 Å². The van der Waals surface area contributed by atoms with Crippen LogP contribution >= 0.6 is 0 Å². The molecule has 0 aliphatic rings. The van der Waals surface area contributed by atoms with Gasteiger partial charge in [0.05, 0.1) is 12.0 Å². The zero-order valence-electron chi connectivity index (χ0n) is 8.98. The van der Waals surface area contributed by atoms with Gasteiger partial charge in [-0.2, -0.15) is 0 Å². The average Bonchev–Trinajstić information content (AvgIpc) is 2.09. The summed E-state index contributed by atoms with van der Waals surface area (Å²) in [5.41, 5.74) is 1.53. The Balaban J connectivity index is 4.69. The van der Waals surface area contributed by atoms with Crippen molar-refractivity contribution in [2.75, 3.05) is 6.26 Å². The number of sulfonamides is 1. The van der Waals surface area contributed by atoms with E-state index in [1.54, 1.807) is 6.92 Å². The number of hydrogen-bond acceptors (Lipinski definition) is 3. The summed E-state index contributed by atoms with van der Waals surface area (Å²) in [5, 5.41) is 3.61. The first-order valence-electron chi connectivity index (χ1n) is 4.34. The summed E-state index contributed by atoms with van der Waals surface area (Å²) in [4.78, 5) is 0. The fourth-order valence-corrected chi connectivity index (χ4v) is 0.900. The van der Waals surface area contributed by atoms with Crippen molar-refractivity contribution in [1.29, 1.82) is 0 Å². The topological polar surface area (TPSA) is 58.9 Å². The van der Waals surface area contributed by atoms with Crippen molar-refractivity contribution in [1.82, 2.24) is 0 Å². The van der Waals surface area contributed by atoms with E-state index in [4.69, 9.17) is 0 Å². The molecule has 0 N–H and O–H groups in total. The Labute approximate surface area is 85.5 Å². The van der Waals surface area contributed by atoms with E-state index in [1.165, 1.54) is 0 Å². The first kappa shape index (κ1) is 13.0. The molecule has 0 atom stereocenters. The highest BCUT2D eigenvalue weighted by molar-refractivity contribution is 7.89. The first-order chi connectivity index (χ1) is 6.37. The molecule has 5 heteroatoms. The molecular weight excluding hydrogens is 200 g/mol. The Morgan fingerprint density at radius 1 is 1.36 bits per heavy atom. The summed E-state index contributed by atoms with van der Waals surface area (Å²) in [5.74, 6) is 0. The van der Waals surface area contributed by atoms with Crippen LogP contribution in [0.2, 0.25) is 0 Å². The van der Waals surface area contributed by atoms with Gasteiger partial charge in [0.1, 0.15) is 0 Å². The molecule has 0 bridgehead atoms. The van der Waals surface area contributed by atoms with Crippen LogP contribution in [0.1, 0.15) is 27.2 Å². The SMILES string of the molecule is CC/C=C\C(C)=C(/C)N=NS(C)(=O)=O. The summed E-state index contributed by atoms with van der Waals surface area (Å²) >= 11 is 0. The average molecular weight is 216 g/mol. The van der Waals surface area contributed by atoms with Crippen LogP contribution in [0.15, 0.2) is 33.1 Å². The van der Waals surface area contributed by atoms with Gasteiger partial charge in [-0.05, 0) is 25.8 Å². The smallest absolute Gasteiger partial charge is 0.203 e. The van der Waals surface area contributed by atoms with Crippen LogP contribution in [-0.2, 0) is 10.0 Å². The third-order valence-electron chi connectivity index (χ3n) is 1.51. The molecule has 4 nitrogen and oxygen atoms in total. The Hall–Kier alpha value is -0.970. The quantitative estimate of drug-likeness (QED) is 0.535. The summed E-state index contributed by atoms with van der Waals surface area (Å²) in [6.07, 6.45) is 5.83. The maximum atomic E-state index is 10.7. The van der Waals surface area contributed by atoms with E-state index >= 15 is 0 Å². The van der Waals surface area contributed by atoms with Gasteiger partial charge >= 0.3 is 0 Å². The molecule has 0 aliphatic heterocycles. The maximum Gasteiger partial charge on any atom is 0.267 e. The minimum atomic E-state index is -3.37. The molecule has 0 aliphatic carbocycles. The number of hydrogen-bond donors (Lipinski definition) is 0. The van der Waals surface area contributed by atoms with E-state index < -0.39 is 10.0 Å². The van der Waals surface area contributed by atoms with Crippen LogP contribution in [0.4, 0.5) is 0 Å². The zero-order chi connectivity index (χ0) is 11.2. The Morgan fingerprint density at radius 2 is 1.93 bits per heavy atom. The summed E-state index contributed by atoms with van der Waals surface area (Å²) in [7, 11) is -3.37. The molecule has 0 unspecified atom stereocenters. The van der Waals surface area contributed by atoms with Crippen molar-refractivity contribution in [3.05, 3.63) is 23.4 Å². The van der Waals surface area contributed by atoms with E-state index in [0.29, 0.717) is 5.70 Å². The highest BCUT2D eigenvalue weighted by Crippen LogP contribution is 2.08. The van der Waals surface area contributed by atoms with E-state index in [0.717, 1.165) is 18.2 Å². The Bertz CT molecular complexity index is 364. The van der Waals surface area contributed by atoms with Crippen molar-refractivity contribution in [2.24, 2.45) is 9.63 Å². The largest absolute Gasteiger partial charge is 0.267 e. The second kappa shape index (κ2) is 5.70. The molecule has 14 heavy (non-hydrogen) atoms. The molecule has 0 rings (SSSR count). The molecule has 0 aromatic heterocycles. The fourth-order valence-electron chi connectivity index (χ4n) is 0.629. The van der Waals surface area contributed by atoms with Gasteiger partial charge in [0.2, 0.25) is 0 Å². The normalized spacial score (nSPS) is 15.1. The number of rotatable bonds is 4. The van der Waals surface area contributed by atoms with Crippen LogP contribution < -0.4 is 0 Å². The van der Waals surface area contributed by atoms with Crippen molar-refractivity contribution >= 4 is 10.0 Å². The first-order valence-corrected chi connectivity index (χ1v) is 6.18. The van der Waals surface area contributed by atoms with E-state index in [9.17, 15) is 8.42 Å². The predicted octanol–water partition coefficient (Wildman–Crippen LogP) is 2.66. The molecular formula is C9H16N2O2S. The second-order valence-corrected chi connectivity index (χ2v) is 4.62. The van der Waals surface area contributed by atoms with Gasteiger partial charge in [-0.15, -0.1) is 5.11 Å². The maximum absolute atomic E-state index is 10.7. The summed E-state index contributed by atoms with van der Waals surface area (Å²) in [6.45, 7) is 5.62. The Kier molecular flexibility index (Phi) is 5.30. The monoisotopic (exact) mass is 216 g/mol. The van der Waals surface area contributed by atoms with Crippen molar-refractivity contribution in [3.8, 4) is 0 Å². The molecule has 0 fully saturated rings. The number of allylic oxidation sites excluding steroid dienone is 4. The molecule has 0 aromatic rings. The lowest BCUT2D eigenvalue weighted by Gasteiger charge is -1.94. The predicted molar refractivity (Wildman–Crippen MR) is 57.5 cm³/mol.